The molecule has 1 unspecified atom stereocenters. The van der Waals surface area contributed by atoms with E-state index in [-0.39, 0.29) is 0 Å². The Morgan fingerprint density at radius 1 is 1.20 bits per heavy atom. The zero-order chi connectivity index (χ0) is 10.9. The van der Waals surface area contributed by atoms with E-state index in [0.717, 1.165) is 11.8 Å². The average molecular weight is 295 g/mol. The van der Waals surface area contributed by atoms with E-state index in [4.69, 9.17) is 0 Å². The van der Waals surface area contributed by atoms with E-state index in [1.807, 2.05) is 0 Å². The number of alkyl halides is 1. The van der Waals surface area contributed by atoms with E-state index in [9.17, 15) is 8.42 Å². The molecule has 1 aliphatic carbocycles. The first kappa shape index (κ1) is 11.9. The third-order valence-corrected chi connectivity index (χ3v) is 7.10. The number of hydrogen-bond acceptors (Lipinski definition) is 2. The molecule has 0 spiro atoms. The zero-order valence-corrected chi connectivity index (χ0v) is 11.4. The van der Waals surface area contributed by atoms with Crippen molar-refractivity contribution in [1.82, 2.24) is 0 Å². The minimum Gasteiger partial charge on any atom is -0.229 e. The molecular weight excluding hydrogens is 276 g/mol. The normalized spacial score (nSPS) is 34.1. The fourth-order valence-electron chi connectivity index (χ4n) is 3.18. The maximum absolute atomic E-state index is 11.5. The lowest BCUT2D eigenvalue weighted by atomic mass is 9.67. The fourth-order valence-corrected chi connectivity index (χ4v) is 6.15. The Hall–Kier alpha value is 0.430. The Labute approximate surface area is 101 Å². The quantitative estimate of drug-likeness (QED) is 0.734. The summed E-state index contributed by atoms with van der Waals surface area (Å²) in [5.74, 6) is 1.28. The van der Waals surface area contributed by atoms with Gasteiger partial charge >= 0.3 is 0 Å². The summed E-state index contributed by atoms with van der Waals surface area (Å²) < 4.78 is 23.1. The summed E-state index contributed by atoms with van der Waals surface area (Å²) in [6.07, 6.45) is 7.23. The van der Waals surface area contributed by atoms with E-state index >= 15 is 0 Å². The van der Waals surface area contributed by atoms with E-state index < -0.39 is 9.84 Å². The molecule has 2 aliphatic rings. The van der Waals surface area contributed by atoms with Crippen molar-refractivity contribution in [3.63, 3.8) is 0 Å². The van der Waals surface area contributed by atoms with Crippen LogP contribution in [-0.4, -0.2) is 25.3 Å². The van der Waals surface area contributed by atoms with E-state index in [1.54, 1.807) is 0 Å². The molecule has 0 aromatic carbocycles. The Morgan fingerprint density at radius 2 is 1.87 bits per heavy atom. The van der Waals surface area contributed by atoms with Crippen LogP contribution in [0, 0.1) is 11.3 Å². The van der Waals surface area contributed by atoms with Gasteiger partial charge in [-0.1, -0.05) is 35.2 Å². The van der Waals surface area contributed by atoms with E-state index in [2.05, 4.69) is 15.9 Å². The van der Waals surface area contributed by atoms with Gasteiger partial charge in [0.2, 0.25) is 0 Å². The monoisotopic (exact) mass is 294 g/mol. The molecule has 0 bridgehead atoms. The summed E-state index contributed by atoms with van der Waals surface area (Å²) in [5, 5.41) is 0.986. The van der Waals surface area contributed by atoms with Gasteiger partial charge in [-0.3, -0.25) is 0 Å². The summed E-state index contributed by atoms with van der Waals surface area (Å²) in [4.78, 5) is 0. The predicted octanol–water partition coefficient (Wildman–Crippen LogP) is 2.77. The summed E-state index contributed by atoms with van der Waals surface area (Å²) in [7, 11) is -2.71. The summed E-state index contributed by atoms with van der Waals surface area (Å²) in [6, 6.07) is 0. The van der Waals surface area contributed by atoms with Crippen LogP contribution in [0.4, 0.5) is 0 Å². The molecule has 2 fully saturated rings. The van der Waals surface area contributed by atoms with Crippen LogP contribution >= 0.6 is 15.9 Å². The van der Waals surface area contributed by atoms with Crippen molar-refractivity contribution < 1.29 is 8.42 Å². The van der Waals surface area contributed by atoms with Gasteiger partial charge in [0.25, 0.3) is 0 Å². The van der Waals surface area contributed by atoms with Crippen LogP contribution < -0.4 is 0 Å². The number of halogens is 1. The van der Waals surface area contributed by atoms with Crippen LogP contribution in [0.15, 0.2) is 0 Å². The molecule has 0 N–H and O–H groups in total. The molecule has 1 heterocycles. The molecule has 15 heavy (non-hydrogen) atoms. The molecule has 88 valence electrons. The Bertz CT molecular complexity index is 317. The lowest BCUT2D eigenvalue weighted by Crippen LogP contribution is -2.35. The Balaban J connectivity index is 2.13. The largest absolute Gasteiger partial charge is 0.229 e. The van der Waals surface area contributed by atoms with Gasteiger partial charge in [-0.15, -0.1) is 0 Å². The molecule has 0 amide bonds. The molecule has 1 aliphatic heterocycles. The molecule has 1 saturated carbocycles. The molecular formula is C11H19BrO2S. The topological polar surface area (TPSA) is 34.1 Å². The van der Waals surface area contributed by atoms with Gasteiger partial charge in [-0.25, -0.2) is 8.42 Å². The average Bonchev–Trinajstić information content (AvgIpc) is 2.60. The highest BCUT2D eigenvalue weighted by Gasteiger charge is 2.44. The second-order valence-electron chi connectivity index (χ2n) is 5.16. The molecule has 4 heteroatoms. The maximum Gasteiger partial charge on any atom is 0.150 e. The van der Waals surface area contributed by atoms with Gasteiger partial charge < -0.3 is 0 Å². The lowest BCUT2D eigenvalue weighted by Gasteiger charge is -2.40. The molecule has 0 aromatic rings. The van der Waals surface area contributed by atoms with Crippen LogP contribution in [0.3, 0.4) is 0 Å². The lowest BCUT2D eigenvalue weighted by molar-refractivity contribution is 0.143. The first-order valence-electron chi connectivity index (χ1n) is 5.84. The third-order valence-electron chi connectivity index (χ3n) is 4.21. The number of rotatable bonds is 2. The van der Waals surface area contributed by atoms with Gasteiger partial charge in [0.15, 0.2) is 9.84 Å². The smallest absolute Gasteiger partial charge is 0.150 e. The Kier molecular flexibility index (Phi) is 3.46. The van der Waals surface area contributed by atoms with Crippen molar-refractivity contribution in [3.05, 3.63) is 0 Å². The van der Waals surface area contributed by atoms with Crippen molar-refractivity contribution in [2.24, 2.45) is 11.3 Å². The van der Waals surface area contributed by atoms with Crippen molar-refractivity contribution in [2.75, 3.05) is 16.8 Å². The standard InChI is InChI=1S/C11H19BrO2S/c12-9-11(5-2-1-3-6-11)10-4-7-15(13,14)8-10/h10H,1-9H2. The first-order chi connectivity index (χ1) is 7.08. The van der Waals surface area contributed by atoms with Gasteiger partial charge in [-0.05, 0) is 30.6 Å². The first-order valence-corrected chi connectivity index (χ1v) is 8.79. The van der Waals surface area contributed by atoms with Crippen LogP contribution in [0.2, 0.25) is 0 Å². The van der Waals surface area contributed by atoms with Crippen LogP contribution in [0.25, 0.3) is 0 Å². The highest BCUT2D eigenvalue weighted by atomic mass is 79.9. The molecule has 2 nitrogen and oxygen atoms in total. The maximum atomic E-state index is 11.5. The van der Waals surface area contributed by atoms with Gasteiger partial charge in [0.05, 0.1) is 11.5 Å². The van der Waals surface area contributed by atoms with Gasteiger partial charge in [0.1, 0.15) is 0 Å². The Morgan fingerprint density at radius 3 is 2.33 bits per heavy atom. The SMILES string of the molecule is O=S1(=O)CCC(C2(CBr)CCCCC2)C1. The minimum atomic E-state index is -2.71. The van der Waals surface area contributed by atoms with Crippen LogP contribution in [0.5, 0.6) is 0 Å². The molecule has 1 saturated heterocycles. The van der Waals surface area contributed by atoms with E-state index in [1.165, 1.54) is 32.1 Å². The molecule has 0 aromatic heterocycles. The van der Waals surface area contributed by atoms with Crippen molar-refractivity contribution in [1.29, 1.82) is 0 Å². The fraction of sp³-hybridized carbons (Fsp3) is 1.00. The highest BCUT2D eigenvalue weighted by molar-refractivity contribution is 9.09. The number of sulfone groups is 1. The third kappa shape index (κ3) is 2.41. The predicted molar refractivity (Wildman–Crippen MR) is 66.1 cm³/mol. The van der Waals surface area contributed by atoms with Crippen molar-refractivity contribution in [2.45, 2.75) is 38.5 Å². The van der Waals surface area contributed by atoms with Crippen LogP contribution in [0.1, 0.15) is 38.5 Å². The second-order valence-corrected chi connectivity index (χ2v) is 7.95. The van der Waals surface area contributed by atoms with E-state index in [0.29, 0.717) is 22.8 Å². The summed E-state index contributed by atoms with van der Waals surface area (Å²) in [6.45, 7) is 0. The van der Waals surface area contributed by atoms with Gasteiger partial charge in [0, 0.05) is 5.33 Å². The molecule has 1 atom stereocenters. The van der Waals surface area contributed by atoms with Gasteiger partial charge in [-0.2, -0.15) is 0 Å². The number of hydrogen-bond donors (Lipinski definition) is 0. The molecule has 0 radical (unpaired) electrons. The highest BCUT2D eigenvalue weighted by Crippen LogP contribution is 2.47. The summed E-state index contributed by atoms with van der Waals surface area (Å²) >= 11 is 3.62. The minimum absolute atomic E-state index is 0.293. The van der Waals surface area contributed by atoms with Crippen LogP contribution in [-0.2, 0) is 9.84 Å². The summed E-state index contributed by atoms with van der Waals surface area (Å²) in [5.41, 5.74) is 0.293. The zero-order valence-electron chi connectivity index (χ0n) is 9.04. The van der Waals surface area contributed by atoms with Crippen molar-refractivity contribution >= 4 is 25.8 Å². The molecule has 2 rings (SSSR count). The van der Waals surface area contributed by atoms with Crippen molar-refractivity contribution in [3.8, 4) is 0 Å². The second kappa shape index (κ2) is 4.36.